The van der Waals surface area contributed by atoms with Gasteiger partial charge in [0.25, 0.3) is 6.43 Å². The maximum Gasteiger partial charge on any atom is 0.264 e. The van der Waals surface area contributed by atoms with Crippen LogP contribution in [0.2, 0.25) is 0 Å². The van der Waals surface area contributed by atoms with Crippen LogP contribution >= 0.6 is 0 Å². The molecule has 0 saturated heterocycles. The second kappa shape index (κ2) is 2.59. The molecule has 0 amide bonds. The van der Waals surface area contributed by atoms with Gasteiger partial charge in [0.2, 0.25) is 0 Å². The SMILES string of the molecule is FC(F)c1[c]c2occcc-2c1. The fourth-order valence-electron chi connectivity index (χ4n) is 1.06. The highest BCUT2D eigenvalue weighted by molar-refractivity contribution is 5.61. The summed E-state index contributed by atoms with van der Waals surface area (Å²) >= 11 is 0. The molecule has 0 bridgehead atoms. The first-order valence-electron chi connectivity index (χ1n) is 3.45. The molecule has 1 nitrogen and oxygen atoms in total. The molecule has 0 N–H and O–H groups in total. The molecular weight excluding hydrogens is 162 g/mol. The van der Waals surface area contributed by atoms with Crippen LogP contribution in [0.5, 0.6) is 0 Å². The molecule has 0 fully saturated rings. The first-order valence-corrected chi connectivity index (χ1v) is 3.45. The predicted octanol–water partition coefficient (Wildman–Crippen LogP) is 3.12. The van der Waals surface area contributed by atoms with E-state index in [9.17, 15) is 8.78 Å². The average molecular weight is 167 g/mol. The van der Waals surface area contributed by atoms with E-state index in [1.54, 1.807) is 12.1 Å². The van der Waals surface area contributed by atoms with E-state index in [1.807, 2.05) is 0 Å². The fraction of sp³-hybridized carbons (Fsp3) is 0.111. The van der Waals surface area contributed by atoms with E-state index >= 15 is 0 Å². The molecule has 0 aromatic carbocycles. The molecule has 3 heteroatoms. The second-order valence-electron chi connectivity index (χ2n) is 2.42. The number of halogens is 2. The minimum Gasteiger partial charge on any atom is -0.464 e. The van der Waals surface area contributed by atoms with Gasteiger partial charge in [-0.25, -0.2) is 8.78 Å². The Hall–Kier alpha value is -1.38. The summed E-state index contributed by atoms with van der Waals surface area (Å²) in [5.74, 6) is 0.382. The molecular formula is C9H5F2O. The number of fused-ring (bicyclic) bond motifs is 1. The molecule has 0 atom stereocenters. The lowest BCUT2D eigenvalue weighted by atomic mass is 10.3. The molecule has 1 aliphatic carbocycles. The smallest absolute Gasteiger partial charge is 0.264 e. The van der Waals surface area contributed by atoms with Gasteiger partial charge in [-0.15, -0.1) is 0 Å². The molecule has 0 saturated carbocycles. The Labute approximate surface area is 68.0 Å². The zero-order valence-electron chi connectivity index (χ0n) is 6.05. The van der Waals surface area contributed by atoms with E-state index in [0.29, 0.717) is 11.3 Å². The Bertz CT molecular complexity index is 324. The molecule has 12 heavy (non-hydrogen) atoms. The molecule has 2 aliphatic rings. The van der Waals surface area contributed by atoms with Crippen molar-refractivity contribution in [3.63, 3.8) is 0 Å². The Balaban J connectivity index is 2.56. The van der Waals surface area contributed by atoms with Gasteiger partial charge in [-0.2, -0.15) is 0 Å². The number of hydrogen-bond acceptors (Lipinski definition) is 1. The number of rotatable bonds is 1. The second-order valence-corrected chi connectivity index (χ2v) is 2.42. The molecule has 0 unspecified atom stereocenters. The Morgan fingerprint density at radius 3 is 2.92 bits per heavy atom. The van der Waals surface area contributed by atoms with Gasteiger partial charge < -0.3 is 4.42 Å². The highest BCUT2D eigenvalue weighted by atomic mass is 19.3. The van der Waals surface area contributed by atoms with Crippen molar-refractivity contribution in [1.29, 1.82) is 0 Å². The van der Waals surface area contributed by atoms with Gasteiger partial charge in [0.05, 0.1) is 6.26 Å². The Morgan fingerprint density at radius 2 is 2.25 bits per heavy atom. The van der Waals surface area contributed by atoms with E-state index in [1.165, 1.54) is 12.3 Å². The van der Waals surface area contributed by atoms with Crippen LogP contribution in [0.4, 0.5) is 8.78 Å². The van der Waals surface area contributed by atoms with E-state index < -0.39 is 6.43 Å². The lowest BCUT2D eigenvalue weighted by molar-refractivity contribution is 0.151. The third kappa shape index (κ3) is 1.07. The van der Waals surface area contributed by atoms with E-state index in [-0.39, 0.29) is 5.56 Å². The minimum absolute atomic E-state index is 0.111. The van der Waals surface area contributed by atoms with Crippen LogP contribution in [0, 0.1) is 6.07 Å². The molecule has 0 aromatic heterocycles. The zero-order chi connectivity index (χ0) is 8.55. The molecule has 1 radical (unpaired) electrons. The van der Waals surface area contributed by atoms with E-state index in [0.717, 1.165) is 0 Å². The standard InChI is InChI=1S/C9H5F2O/c10-9(11)7-4-6-2-1-3-12-8(6)5-7/h1-4,9H. The highest BCUT2D eigenvalue weighted by Gasteiger charge is 2.14. The van der Waals surface area contributed by atoms with Crippen LogP contribution in [0.15, 0.2) is 28.9 Å². The van der Waals surface area contributed by atoms with Crippen molar-refractivity contribution in [2.24, 2.45) is 0 Å². The topological polar surface area (TPSA) is 13.1 Å². The van der Waals surface area contributed by atoms with Crippen molar-refractivity contribution >= 4 is 0 Å². The summed E-state index contributed by atoms with van der Waals surface area (Å²) in [6.45, 7) is 0. The maximum atomic E-state index is 12.1. The third-order valence-electron chi connectivity index (χ3n) is 1.61. The lowest BCUT2D eigenvalue weighted by Gasteiger charge is -1.91. The van der Waals surface area contributed by atoms with Gasteiger partial charge in [-0.1, -0.05) is 0 Å². The lowest BCUT2D eigenvalue weighted by Crippen LogP contribution is -1.75. The molecule has 1 aliphatic heterocycles. The van der Waals surface area contributed by atoms with Crippen molar-refractivity contribution in [3.05, 3.63) is 36.1 Å². The van der Waals surface area contributed by atoms with Crippen LogP contribution in [0.25, 0.3) is 11.3 Å². The summed E-state index contributed by atoms with van der Waals surface area (Å²) in [5, 5.41) is 0. The first kappa shape index (κ1) is 7.28. The Kier molecular flexibility index (Phi) is 1.57. The van der Waals surface area contributed by atoms with Gasteiger partial charge >= 0.3 is 0 Å². The minimum atomic E-state index is -2.48. The number of alkyl halides is 2. The van der Waals surface area contributed by atoms with Crippen LogP contribution < -0.4 is 0 Å². The number of hydrogen-bond donors (Lipinski definition) is 0. The monoisotopic (exact) mass is 167 g/mol. The molecule has 0 aromatic rings. The Morgan fingerprint density at radius 1 is 1.42 bits per heavy atom. The van der Waals surface area contributed by atoms with Crippen molar-refractivity contribution in [2.75, 3.05) is 0 Å². The van der Waals surface area contributed by atoms with Crippen LogP contribution in [0.3, 0.4) is 0 Å². The van der Waals surface area contributed by atoms with Gasteiger partial charge in [-0.05, 0) is 18.2 Å². The van der Waals surface area contributed by atoms with Crippen LogP contribution in [-0.4, -0.2) is 0 Å². The van der Waals surface area contributed by atoms with Gasteiger partial charge in [0.15, 0.2) is 0 Å². The summed E-state index contributed by atoms with van der Waals surface area (Å²) < 4.78 is 29.2. The van der Waals surface area contributed by atoms with Crippen molar-refractivity contribution < 1.29 is 13.2 Å². The molecule has 2 rings (SSSR count). The summed E-state index contributed by atoms with van der Waals surface area (Å²) in [4.78, 5) is 0. The van der Waals surface area contributed by atoms with Crippen LogP contribution in [-0.2, 0) is 0 Å². The third-order valence-corrected chi connectivity index (χ3v) is 1.61. The predicted molar refractivity (Wildman–Crippen MR) is 39.1 cm³/mol. The summed E-state index contributed by atoms with van der Waals surface area (Å²) in [6, 6.07) is 7.22. The maximum absolute atomic E-state index is 12.1. The summed E-state index contributed by atoms with van der Waals surface area (Å²) in [7, 11) is 0. The summed E-state index contributed by atoms with van der Waals surface area (Å²) in [5.41, 5.74) is 0.549. The van der Waals surface area contributed by atoms with Gasteiger partial charge in [0.1, 0.15) is 5.76 Å². The van der Waals surface area contributed by atoms with Gasteiger partial charge in [-0.3, -0.25) is 0 Å². The van der Waals surface area contributed by atoms with Crippen LogP contribution in [0.1, 0.15) is 12.0 Å². The van der Waals surface area contributed by atoms with E-state index in [4.69, 9.17) is 4.42 Å². The fourth-order valence-corrected chi connectivity index (χ4v) is 1.06. The molecule has 61 valence electrons. The molecule has 1 heterocycles. The summed E-state index contributed by atoms with van der Waals surface area (Å²) in [6.07, 6.45) is -1.04. The van der Waals surface area contributed by atoms with Gasteiger partial charge in [0, 0.05) is 17.2 Å². The quantitative estimate of drug-likeness (QED) is 0.635. The first-order chi connectivity index (χ1) is 5.77. The largest absolute Gasteiger partial charge is 0.464 e. The zero-order valence-corrected chi connectivity index (χ0v) is 6.05. The van der Waals surface area contributed by atoms with E-state index in [2.05, 4.69) is 6.07 Å². The molecule has 0 spiro atoms. The highest BCUT2D eigenvalue weighted by Crippen LogP contribution is 2.30. The van der Waals surface area contributed by atoms with Crippen molar-refractivity contribution in [3.8, 4) is 11.3 Å². The van der Waals surface area contributed by atoms with Crippen molar-refractivity contribution in [1.82, 2.24) is 0 Å². The van der Waals surface area contributed by atoms with Crippen molar-refractivity contribution in [2.45, 2.75) is 6.43 Å². The average Bonchev–Trinajstić information content (AvgIpc) is 2.46. The normalized spacial score (nSPS) is 11.2.